The summed E-state index contributed by atoms with van der Waals surface area (Å²) in [6.45, 7) is -0.147. The van der Waals surface area contributed by atoms with E-state index < -0.39 is 0 Å². The van der Waals surface area contributed by atoms with Gasteiger partial charge in [0, 0.05) is 0 Å². The van der Waals surface area contributed by atoms with E-state index in [0.29, 0.717) is 0 Å². The number of halogens is 1. The number of hydrogen-bond donors (Lipinski definition) is 0. The Morgan fingerprint density at radius 2 is 1.85 bits per heavy atom. The number of benzene rings is 1. The quantitative estimate of drug-likeness (QED) is 0.692. The Morgan fingerprint density at radius 1 is 1.23 bits per heavy atom. The predicted octanol–water partition coefficient (Wildman–Crippen LogP) is 2.14. The summed E-state index contributed by atoms with van der Waals surface area (Å²) in [5.41, 5.74) is 2.71. The summed E-state index contributed by atoms with van der Waals surface area (Å²) in [6.07, 6.45) is 2.08. The van der Waals surface area contributed by atoms with E-state index in [2.05, 4.69) is 12.1 Å². The van der Waals surface area contributed by atoms with Crippen LogP contribution in [0.25, 0.3) is 0 Å². The molecule has 2 rings (SSSR count). The van der Waals surface area contributed by atoms with Gasteiger partial charge in [-0.1, -0.05) is 24.3 Å². The van der Waals surface area contributed by atoms with Gasteiger partial charge in [0.1, 0.15) is 6.67 Å². The van der Waals surface area contributed by atoms with Crippen molar-refractivity contribution < 1.29 is 9.13 Å². The van der Waals surface area contributed by atoms with Gasteiger partial charge in [-0.3, -0.25) is 0 Å². The number of hydrogen-bond acceptors (Lipinski definition) is 1. The molecule has 0 bridgehead atoms. The molecule has 0 amide bonds. The first-order chi connectivity index (χ1) is 6.40. The minimum Gasteiger partial charge on any atom is -0.375 e. The van der Waals surface area contributed by atoms with Crippen molar-refractivity contribution in [3.8, 4) is 0 Å². The average molecular weight is 180 g/mol. The summed E-state index contributed by atoms with van der Waals surface area (Å²) in [4.78, 5) is 0. The van der Waals surface area contributed by atoms with Crippen LogP contribution in [0, 0.1) is 0 Å². The second-order valence-electron chi connectivity index (χ2n) is 3.36. The fraction of sp³-hybridized carbons (Fsp3) is 0.455. The Bertz CT molecular complexity index is 260. The molecular weight excluding hydrogens is 167 g/mol. The highest BCUT2D eigenvalue weighted by Gasteiger charge is 2.20. The fourth-order valence-electron chi connectivity index (χ4n) is 1.85. The van der Waals surface area contributed by atoms with Crippen molar-refractivity contribution in [2.75, 3.05) is 13.3 Å². The van der Waals surface area contributed by atoms with Crippen LogP contribution in [0.2, 0.25) is 0 Å². The van der Waals surface area contributed by atoms with E-state index in [0.717, 1.165) is 12.8 Å². The number of alkyl halides is 1. The van der Waals surface area contributed by atoms with Crippen molar-refractivity contribution in [3.05, 3.63) is 35.4 Å². The lowest BCUT2D eigenvalue weighted by molar-refractivity contribution is 0.0513. The molecular formula is C11H13FO. The van der Waals surface area contributed by atoms with Crippen LogP contribution in [0.5, 0.6) is 0 Å². The van der Waals surface area contributed by atoms with E-state index in [4.69, 9.17) is 4.74 Å². The first-order valence-electron chi connectivity index (χ1n) is 4.64. The van der Waals surface area contributed by atoms with Crippen molar-refractivity contribution in [1.82, 2.24) is 0 Å². The third kappa shape index (κ3) is 1.89. The van der Waals surface area contributed by atoms with Gasteiger partial charge < -0.3 is 4.74 Å². The number of ether oxygens (including phenoxy) is 1. The van der Waals surface area contributed by atoms with Gasteiger partial charge in [0.05, 0.1) is 12.7 Å². The maximum Gasteiger partial charge on any atom is 0.113 e. The Morgan fingerprint density at radius 3 is 2.38 bits per heavy atom. The maximum absolute atomic E-state index is 11.9. The molecule has 0 saturated carbocycles. The Labute approximate surface area is 77.5 Å². The summed E-state index contributed by atoms with van der Waals surface area (Å²) in [5, 5.41) is 0. The third-order valence-electron chi connectivity index (χ3n) is 2.44. The minimum atomic E-state index is -0.382. The van der Waals surface area contributed by atoms with Gasteiger partial charge in [0.2, 0.25) is 0 Å². The van der Waals surface area contributed by atoms with E-state index in [-0.39, 0.29) is 19.4 Å². The van der Waals surface area contributed by atoms with Crippen LogP contribution in [0.15, 0.2) is 24.3 Å². The molecule has 0 atom stereocenters. The smallest absolute Gasteiger partial charge is 0.113 e. The lowest BCUT2D eigenvalue weighted by Gasteiger charge is -2.08. The minimum absolute atomic E-state index is 0.202. The van der Waals surface area contributed by atoms with Gasteiger partial charge in [-0.2, -0.15) is 0 Å². The van der Waals surface area contributed by atoms with Crippen LogP contribution >= 0.6 is 0 Å². The van der Waals surface area contributed by atoms with Gasteiger partial charge >= 0.3 is 0 Å². The lowest BCUT2D eigenvalue weighted by atomic mass is 10.1. The Balaban J connectivity index is 1.97. The van der Waals surface area contributed by atoms with Gasteiger partial charge in [0.25, 0.3) is 0 Å². The second-order valence-corrected chi connectivity index (χ2v) is 3.36. The number of rotatable bonds is 3. The van der Waals surface area contributed by atoms with Crippen LogP contribution in [-0.4, -0.2) is 19.4 Å². The monoisotopic (exact) mass is 180 g/mol. The SMILES string of the molecule is FCCOC1Cc2ccccc2C1. The molecule has 1 aliphatic rings. The maximum atomic E-state index is 11.9. The normalized spacial score (nSPS) is 16.1. The molecule has 2 heteroatoms. The summed E-state index contributed by atoms with van der Waals surface area (Å²) in [7, 11) is 0. The summed E-state index contributed by atoms with van der Waals surface area (Å²) >= 11 is 0. The molecule has 13 heavy (non-hydrogen) atoms. The highest BCUT2D eigenvalue weighted by molar-refractivity contribution is 5.32. The zero-order chi connectivity index (χ0) is 9.10. The predicted molar refractivity (Wildman–Crippen MR) is 49.6 cm³/mol. The van der Waals surface area contributed by atoms with Crippen molar-refractivity contribution in [2.45, 2.75) is 18.9 Å². The van der Waals surface area contributed by atoms with E-state index >= 15 is 0 Å². The first kappa shape index (κ1) is 8.70. The van der Waals surface area contributed by atoms with E-state index in [1.807, 2.05) is 12.1 Å². The van der Waals surface area contributed by atoms with Crippen molar-refractivity contribution in [3.63, 3.8) is 0 Å². The van der Waals surface area contributed by atoms with Crippen LogP contribution in [0.3, 0.4) is 0 Å². The summed E-state index contributed by atoms with van der Waals surface area (Å²) in [5.74, 6) is 0. The highest BCUT2D eigenvalue weighted by atomic mass is 19.1. The molecule has 1 aromatic carbocycles. The van der Waals surface area contributed by atoms with Crippen LogP contribution in [0.4, 0.5) is 4.39 Å². The molecule has 1 nitrogen and oxygen atoms in total. The standard InChI is InChI=1S/C11H13FO/c12-5-6-13-11-7-9-3-1-2-4-10(9)8-11/h1-4,11H,5-8H2. The van der Waals surface area contributed by atoms with Crippen LogP contribution in [-0.2, 0) is 17.6 Å². The lowest BCUT2D eigenvalue weighted by Crippen LogP contribution is -2.14. The van der Waals surface area contributed by atoms with Crippen molar-refractivity contribution in [1.29, 1.82) is 0 Å². The Kier molecular flexibility index (Phi) is 2.60. The highest BCUT2D eigenvalue weighted by Crippen LogP contribution is 2.23. The van der Waals surface area contributed by atoms with E-state index in [1.165, 1.54) is 11.1 Å². The van der Waals surface area contributed by atoms with Crippen molar-refractivity contribution in [2.24, 2.45) is 0 Å². The molecule has 0 aromatic heterocycles. The molecule has 0 radical (unpaired) electrons. The molecule has 0 N–H and O–H groups in total. The number of fused-ring (bicyclic) bond motifs is 1. The molecule has 1 aromatic rings. The Hall–Kier alpha value is -0.890. The molecule has 0 saturated heterocycles. The van der Waals surface area contributed by atoms with Gasteiger partial charge in [-0.25, -0.2) is 4.39 Å². The van der Waals surface area contributed by atoms with Gasteiger partial charge in [0.15, 0.2) is 0 Å². The molecule has 0 heterocycles. The van der Waals surface area contributed by atoms with E-state index in [9.17, 15) is 4.39 Å². The third-order valence-corrected chi connectivity index (χ3v) is 2.44. The van der Waals surface area contributed by atoms with E-state index in [1.54, 1.807) is 0 Å². The molecule has 0 spiro atoms. The molecule has 0 unspecified atom stereocenters. The van der Waals surface area contributed by atoms with Crippen molar-refractivity contribution >= 4 is 0 Å². The molecule has 1 aliphatic carbocycles. The van der Waals surface area contributed by atoms with Gasteiger partial charge in [-0.05, 0) is 24.0 Å². The molecule has 0 fully saturated rings. The molecule has 0 aliphatic heterocycles. The summed E-state index contributed by atoms with van der Waals surface area (Å²) < 4.78 is 17.2. The average Bonchev–Trinajstić information content (AvgIpc) is 2.57. The van der Waals surface area contributed by atoms with Gasteiger partial charge in [-0.15, -0.1) is 0 Å². The van der Waals surface area contributed by atoms with Crippen LogP contribution in [0.1, 0.15) is 11.1 Å². The topological polar surface area (TPSA) is 9.23 Å². The second kappa shape index (κ2) is 3.88. The zero-order valence-electron chi connectivity index (χ0n) is 7.50. The van der Waals surface area contributed by atoms with Crippen LogP contribution < -0.4 is 0 Å². The fourth-order valence-corrected chi connectivity index (χ4v) is 1.85. The summed E-state index contributed by atoms with van der Waals surface area (Å²) in [6, 6.07) is 8.31. The largest absolute Gasteiger partial charge is 0.375 e. The first-order valence-corrected chi connectivity index (χ1v) is 4.64. The molecule has 70 valence electrons. The zero-order valence-corrected chi connectivity index (χ0v) is 7.50.